The lowest BCUT2D eigenvalue weighted by Crippen LogP contribution is -2.42. The number of hydrogen-bond acceptors (Lipinski definition) is 8. The predicted molar refractivity (Wildman–Crippen MR) is 116 cm³/mol. The van der Waals surface area contributed by atoms with Crippen molar-refractivity contribution in [2.24, 2.45) is 0 Å². The van der Waals surface area contributed by atoms with Crippen molar-refractivity contribution in [2.75, 3.05) is 24.1 Å². The molecule has 0 radical (unpaired) electrons. The normalized spacial score (nSPS) is 15.9. The number of nitrogens with one attached hydrogen (secondary N) is 1. The van der Waals surface area contributed by atoms with E-state index >= 15 is 0 Å². The fourth-order valence-electron chi connectivity index (χ4n) is 3.27. The van der Waals surface area contributed by atoms with Crippen molar-refractivity contribution in [3.8, 4) is 0 Å². The minimum atomic E-state index is -3.45. The first-order valence-corrected chi connectivity index (χ1v) is 12.3. The van der Waals surface area contributed by atoms with Crippen molar-refractivity contribution in [1.82, 2.24) is 9.29 Å². The molecule has 3 heterocycles. The molecule has 11 heteroatoms. The average molecular weight is 467 g/mol. The molecule has 30 heavy (non-hydrogen) atoms. The average Bonchev–Trinajstić information content (AvgIpc) is 3.38. The first-order valence-electron chi connectivity index (χ1n) is 9.21. The molecule has 158 valence electrons. The Labute approximate surface area is 181 Å². The Morgan fingerprint density at radius 2 is 2.00 bits per heavy atom. The smallest absolute Gasteiger partial charge is 0.252 e. The molecule has 0 unspecified atom stereocenters. The third-order valence-corrected chi connectivity index (χ3v) is 9.09. The highest BCUT2D eigenvalue weighted by Crippen LogP contribution is 2.30. The lowest BCUT2D eigenvalue weighted by Gasteiger charge is -2.31. The van der Waals surface area contributed by atoms with E-state index in [-0.39, 0.29) is 28.1 Å². The fourth-order valence-corrected chi connectivity index (χ4v) is 6.81. The molecule has 3 N–H and O–H groups in total. The van der Waals surface area contributed by atoms with Crippen molar-refractivity contribution in [3.05, 3.63) is 58.0 Å². The van der Waals surface area contributed by atoms with Crippen molar-refractivity contribution in [3.63, 3.8) is 0 Å². The van der Waals surface area contributed by atoms with Crippen molar-refractivity contribution in [2.45, 2.75) is 23.1 Å². The Morgan fingerprint density at radius 3 is 2.67 bits per heavy atom. The van der Waals surface area contributed by atoms with Crippen molar-refractivity contribution < 1.29 is 17.6 Å². The molecule has 1 aliphatic heterocycles. The zero-order valence-corrected chi connectivity index (χ0v) is 18.2. The van der Waals surface area contributed by atoms with Crippen LogP contribution in [0.2, 0.25) is 0 Å². The maximum absolute atomic E-state index is 13.4. The number of carbonyl (C=O) groups is 1. The second kappa shape index (κ2) is 8.42. The number of anilines is 2. The summed E-state index contributed by atoms with van der Waals surface area (Å²) >= 11 is 2.33. The number of thiophene rings is 1. The summed E-state index contributed by atoms with van der Waals surface area (Å²) in [6.45, 7) is 0.793. The number of nitrogens with zero attached hydrogens (tertiary/aromatic N) is 2. The SMILES string of the molecule is Nc1nc(NC2CCN(S(=O)(=O)c3cccs3)CC2)sc1C(=O)c1cccc(F)c1. The minimum Gasteiger partial charge on any atom is -0.382 e. The molecular formula is C19H19FN4O3S3. The van der Waals surface area contributed by atoms with E-state index < -0.39 is 15.8 Å². The summed E-state index contributed by atoms with van der Waals surface area (Å²) in [5.41, 5.74) is 6.13. The highest BCUT2D eigenvalue weighted by molar-refractivity contribution is 7.91. The highest BCUT2D eigenvalue weighted by atomic mass is 32.2. The van der Waals surface area contributed by atoms with Crippen LogP contribution in [0, 0.1) is 5.82 Å². The molecule has 0 atom stereocenters. The first kappa shape index (κ1) is 20.9. The Morgan fingerprint density at radius 1 is 1.23 bits per heavy atom. The van der Waals surface area contributed by atoms with Gasteiger partial charge in [-0.3, -0.25) is 4.79 Å². The van der Waals surface area contributed by atoms with E-state index in [1.807, 2.05) is 0 Å². The first-order chi connectivity index (χ1) is 14.3. The molecule has 1 aliphatic rings. The van der Waals surface area contributed by atoms with Gasteiger partial charge in [-0.25, -0.2) is 17.8 Å². The molecule has 1 fully saturated rings. The van der Waals surface area contributed by atoms with Gasteiger partial charge in [-0.05, 0) is 36.4 Å². The van der Waals surface area contributed by atoms with Gasteiger partial charge in [0.15, 0.2) is 5.13 Å². The van der Waals surface area contributed by atoms with Crippen LogP contribution in [0.5, 0.6) is 0 Å². The number of hydrogen-bond donors (Lipinski definition) is 2. The number of ketones is 1. The molecule has 7 nitrogen and oxygen atoms in total. The van der Waals surface area contributed by atoms with E-state index in [1.165, 1.54) is 39.9 Å². The summed E-state index contributed by atoms with van der Waals surface area (Å²) < 4.78 is 40.5. The number of rotatable bonds is 6. The zero-order chi connectivity index (χ0) is 21.3. The summed E-state index contributed by atoms with van der Waals surface area (Å²) in [6, 6.07) is 8.78. The van der Waals surface area contributed by atoms with E-state index in [1.54, 1.807) is 17.5 Å². The predicted octanol–water partition coefficient (Wildman–Crippen LogP) is 3.42. The number of nitrogen functional groups attached to an aromatic ring is 1. The minimum absolute atomic E-state index is 0.0162. The fraction of sp³-hybridized carbons (Fsp3) is 0.263. The second-order valence-electron chi connectivity index (χ2n) is 6.83. The van der Waals surface area contributed by atoms with Crippen LogP contribution in [0.4, 0.5) is 15.3 Å². The summed E-state index contributed by atoms with van der Waals surface area (Å²) in [5, 5.41) is 5.49. The van der Waals surface area contributed by atoms with Crippen LogP contribution in [-0.4, -0.2) is 42.6 Å². The number of benzene rings is 1. The standard InChI is InChI=1S/C19H19FN4O3S3/c20-13-4-1-3-12(11-13)16(25)17-18(21)23-19(29-17)22-14-6-8-24(9-7-14)30(26,27)15-5-2-10-28-15/h1-5,10-11,14H,6-9,21H2,(H,22,23). The van der Waals surface area contributed by atoms with Gasteiger partial charge in [0.25, 0.3) is 10.0 Å². The van der Waals surface area contributed by atoms with E-state index in [0.717, 1.165) is 11.3 Å². The van der Waals surface area contributed by atoms with Crippen LogP contribution in [0.15, 0.2) is 46.0 Å². The van der Waals surface area contributed by atoms with Crippen LogP contribution in [0.1, 0.15) is 28.1 Å². The van der Waals surface area contributed by atoms with Crippen LogP contribution in [-0.2, 0) is 10.0 Å². The number of aromatic nitrogens is 1. The van der Waals surface area contributed by atoms with Crippen LogP contribution < -0.4 is 11.1 Å². The van der Waals surface area contributed by atoms with E-state index in [4.69, 9.17) is 5.73 Å². The molecular weight excluding hydrogens is 447 g/mol. The number of sulfonamides is 1. The molecule has 0 amide bonds. The van der Waals surface area contributed by atoms with Crippen LogP contribution in [0.25, 0.3) is 0 Å². The van der Waals surface area contributed by atoms with Gasteiger partial charge >= 0.3 is 0 Å². The number of nitrogens with two attached hydrogens (primary N) is 1. The third kappa shape index (κ3) is 4.24. The van der Waals surface area contributed by atoms with E-state index in [2.05, 4.69) is 10.3 Å². The largest absolute Gasteiger partial charge is 0.382 e. The quantitative estimate of drug-likeness (QED) is 0.539. The molecule has 1 aromatic carbocycles. The monoisotopic (exact) mass is 466 g/mol. The molecule has 1 saturated heterocycles. The van der Waals surface area contributed by atoms with Gasteiger partial charge < -0.3 is 11.1 Å². The Hall–Kier alpha value is -2.34. The number of thiazole rings is 1. The van der Waals surface area contributed by atoms with Crippen LogP contribution in [0.3, 0.4) is 0 Å². The molecule has 3 aromatic rings. The molecule has 0 bridgehead atoms. The summed E-state index contributed by atoms with van der Waals surface area (Å²) in [6.07, 6.45) is 1.22. The van der Waals surface area contributed by atoms with Crippen molar-refractivity contribution >= 4 is 49.4 Å². The summed E-state index contributed by atoms with van der Waals surface area (Å²) in [4.78, 5) is 17.1. The molecule has 0 aliphatic carbocycles. The number of halogens is 1. The van der Waals surface area contributed by atoms with Gasteiger partial charge in [-0.1, -0.05) is 29.5 Å². The Kier molecular flexibility index (Phi) is 5.87. The second-order valence-corrected chi connectivity index (χ2v) is 10.9. The molecule has 0 saturated carbocycles. The maximum Gasteiger partial charge on any atom is 0.252 e. The topological polar surface area (TPSA) is 105 Å². The van der Waals surface area contributed by atoms with Gasteiger partial charge in [0.1, 0.15) is 20.7 Å². The third-order valence-electron chi connectivity index (χ3n) is 4.82. The van der Waals surface area contributed by atoms with Gasteiger partial charge in [-0.2, -0.15) is 4.31 Å². The van der Waals surface area contributed by atoms with Gasteiger partial charge in [0.2, 0.25) is 5.78 Å². The molecule has 2 aromatic heterocycles. The number of piperidine rings is 1. The summed E-state index contributed by atoms with van der Waals surface area (Å²) in [5.74, 6) is -0.782. The van der Waals surface area contributed by atoms with Gasteiger partial charge in [0, 0.05) is 24.7 Å². The van der Waals surface area contributed by atoms with Gasteiger partial charge in [0.05, 0.1) is 0 Å². The van der Waals surface area contributed by atoms with Crippen LogP contribution >= 0.6 is 22.7 Å². The Balaban J connectivity index is 1.41. The van der Waals surface area contributed by atoms with Crippen molar-refractivity contribution in [1.29, 1.82) is 0 Å². The van der Waals surface area contributed by atoms with E-state index in [9.17, 15) is 17.6 Å². The summed E-state index contributed by atoms with van der Waals surface area (Å²) in [7, 11) is -3.45. The molecule has 0 spiro atoms. The lowest BCUT2D eigenvalue weighted by molar-refractivity contribution is 0.104. The highest BCUT2D eigenvalue weighted by Gasteiger charge is 2.30. The maximum atomic E-state index is 13.4. The molecule has 4 rings (SSSR count). The van der Waals surface area contributed by atoms with Gasteiger partial charge in [-0.15, -0.1) is 11.3 Å². The van der Waals surface area contributed by atoms with E-state index in [0.29, 0.717) is 35.3 Å². The lowest BCUT2D eigenvalue weighted by atomic mass is 10.1. The zero-order valence-electron chi connectivity index (χ0n) is 15.7. The number of carbonyl (C=O) groups excluding carboxylic acids is 1. The Bertz CT molecular complexity index is 1150.